The minimum Gasteiger partial charge on any atom is -0.378 e. The van der Waals surface area contributed by atoms with E-state index in [0.29, 0.717) is 37.7 Å². The van der Waals surface area contributed by atoms with Gasteiger partial charge in [0.05, 0.1) is 18.8 Å². The molecule has 0 bridgehead atoms. The van der Waals surface area contributed by atoms with Crippen LogP contribution in [-0.4, -0.2) is 48.6 Å². The lowest BCUT2D eigenvalue weighted by molar-refractivity contribution is 0.0303. The van der Waals surface area contributed by atoms with Crippen molar-refractivity contribution in [2.45, 2.75) is 6.42 Å². The predicted octanol–water partition coefficient (Wildman–Crippen LogP) is 2.21. The van der Waals surface area contributed by atoms with Crippen molar-refractivity contribution in [3.63, 3.8) is 0 Å². The van der Waals surface area contributed by atoms with Gasteiger partial charge in [0.2, 0.25) is 0 Å². The molecule has 0 aliphatic carbocycles. The Kier molecular flexibility index (Phi) is 5.21. The fourth-order valence-electron chi connectivity index (χ4n) is 2.63. The van der Waals surface area contributed by atoms with Gasteiger partial charge in [0, 0.05) is 25.8 Å². The molecule has 120 valence electrons. The third kappa shape index (κ3) is 4.07. The molecule has 0 unspecified atom stereocenters. The van der Waals surface area contributed by atoms with E-state index in [1.807, 2.05) is 29.2 Å². The van der Waals surface area contributed by atoms with Crippen molar-refractivity contribution in [3.05, 3.63) is 59.8 Å². The average Bonchev–Trinajstić information content (AvgIpc) is 2.63. The Labute approximate surface area is 136 Å². The van der Waals surface area contributed by atoms with E-state index in [4.69, 9.17) is 4.74 Å². The Morgan fingerprint density at radius 2 is 1.91 bits per heavy atom. The zero-order chi connectivity index (χ0) is 15.9. The summed E-state index contributed by atoms with van der Waals surface area (Å²) in [5.41, 5.74) is 1.89. The highest BCUT2D eigenvalue weighted by atomic mass is 16.5. The van der Waals surface area contributed by atoms with Crippen molar-refractivity contribution in [1.29, 1.82) is 0 Å². The molecule has 1 fully saturated rings. The van der Waals surface area contributed by atoms with Crippen molar-refractivity contribution >= 4 is 11.7 Å². The lowest BCUT2D eigenvalue weighted by Crippen LogP contribution is -2.41. The fourth-order valence-corrected chi connectivity index (χ4v) is 2.63. The molecule has 1 aliphatic heterocycles. The number of anilines is 1. The molecule has 1 saturated heterocycles. The predicted molar refractivity (Wildman–Crippen MR) is 89.6 cm³/mol. The number of hydrogen-bond donors (Lipinski definition) is 1. The summed E-state index contributed by atoms with van der Waals surface area (Å²) < 4.78 is 5.30. The summed E-state index contributed by atoms with van der Waals surface area (Å²) in [6.45, 7) is 3.21. The van der Waals surface area contributed by atoms with Gasteiger partial charge in [0.25, 0.3) is 5.91 Å². The first-order valence-electron chi connectivity index (χ1n) is 7.94. The maximum absolute atomic E-state index is 12.6. The van der Waals surface area contributed by atoms with Gasteiger partial charge in [-0.3, -0.25) is 4.79 Å². The number of morpholine rings is 1. The number of hydrogen-bond acceptors (Lipinski definition) is 4. The number of nitrogens with zero attached hydrogens (tertiary/aromatic N) is 2. The van der Waals surface area contributed by atoms with Crippen LogP contribution in [0.5, 0.6) is 0 Å². The fraction of sp³-hybridized carbons (Fsp3) is 0.333. The van der Waals surface area contributed by atoms with Gasteiger partial charge in [0.1, 0.15) is 5.82 Å². The van der Waals surface area contributed by atoms with Crippen molar-refractivity contribution in [2.75, 3.05) is 38.2 Å². The SMILES string of the molecule is O=C(c1cccnc1NCCc1ccccc1)N1CCOCC1. The van der Waals surface area contributed by atoms with Gasteiger partial charge in [0.15, 0.2) is 0 Å². The molecule has 0 atom stereocenters. The Hall–Kier alpha value is -2.40. The number of amides is 1. The van der Waals surface area contributed by atoms with E-state index >= 15 is 0 Å². The van der Waals surface area contributed by atoms with E-state index < -0.39 is 0 Å². The number of aromatic nitrogens is 1. The van der Waals surface area contributed by atoms with E-state index in [1.165, 1.54) is 5.56 Å². The molecule has 1 amide bonds. The molecular formula is C18H21N3O2. The molecule has 23 heavy (non-hydrogen) atoms. The highest BCUT2D eigenvalue weighted by molar-refractivity contribution is 5.98. The number of rotatable bonds is 5. The first kappa shape index (κ1) is 15.5. The molecule has 0 spiro atoms. The minimum atomic E-state index is 0.0172. The summed E-state index contributed by atoms with van der Waals surface area (Å²) in [5, 5.41) is 3.29. The number of carbonyl (C=O) groups is 1. The third-order valence-corrected chi connectivity index (χ3v) is 3.89. The van der Waals surface area contributed by atoms with Gasteiger partial charge in [-0.1, -0.05) is 30.3 Å². The standard InChI is InChI=1S/C18H21N3O2/c22-18(21-11-13-23-14-12-21)16-7-4-9-19-17(16)20-10-8-15-5-2-1-3-6-15/h1-7,9H,8,10-14H2,(H,19,20). The molecule has 3 rings (SSSR count). The van der Waals surface area contributed by atoms with Crippen LogP contribution in [0.25, 0.3) is 0 Å². The van der Waals surface area contributed by atoms with Crippen molar-refractivity contribution in [3.8, 4) is 0 Å². The maximum Gasteiger partial charge on any atom is 0.257 e. The second-order valence-electron chi connectivity index (χ2n) is 5.47. The van der Waals surface area contributed by atoms with Gasteiger partial charge in [-0.25, -0.2) is 4.98 Å². The molecular weight excluding hydrogens is 290 g/mol. The van der Waals surface area contributed by atoms with Crippen LogP contribution in [0.3, 0.4) is 0 Å². The summed E-state index contributed by atoms with van der Waals surface area (Å²) in [6.07, 6.45) is 2.60. The molecule has 2 aromatic rings. The van der Waals surface area contributed by atoms with Crippen LogP contribution in [0.1, 0.15) is 15.9 Å². The van der Waals surface area contributed by atoms with Crippen LogP contribution in [0, 0.1) is 0 Å². The van der Waals surface area contributed by atoms with Crippen LogP contribution in [0.4, 0.5) is 5.82 Å². The van der Waals surface area contributed by atoms with E-state index in [0.717, 1.165) is 13.0 Å². The molecule has 0 saturated carbocycles. The van der Waals surface area contributed by atoms with Crippen molar-refractivity contribution in [2.24, 2.45) is 0 Å². The normalized spacial score (nSPS) is 14.5. The highest BCUT2D eigenvalue weighted by Gasteiger charge is 2.21. The third-order valence-electron chi connectivity index (χ3n) is 3.89. The summed E-state index contributed by atoms with van der Waals surface area (Å²) in [6, 6.07) is 13.9. The minimum absolute atomic E-state index is 0.0172. The number of pyridine rings is 1. The van der Waals surface area contributed by atoms with Crippen LogP contribution in [-0.2, 0) is 11.2 Å². The summed E-state index contributed by atoms with van der Waals surface area (Å²) in [4.78, 5) is 18.8. The first-order chi connectivity index (χ1) is 11.3. The van der Waals surface area contributed by atoms with Gasteiger partial charge >= 0.3 is 0 Å². The molecule has 5 nitrogen and oxygen atoms in total. The van der Waals surface area contributed by atoms with Crippen LogP contribution >= 0.6 is 0 Å². The average molecular weight is 311 g/mol. The van der Waals surface area contributed by atoms with Crippen LogP contribution < -0.4 is 5.32 Å². The highest BCUT2D eigenvalue weighted by Crippen LogP contribution is 2.15. The maximum atomic E-state index is 12.6. The Morgan fingerprint density at radius 1 is 1.13 bits per heavy atom. The van der Waals surface area contributed by atoms with Gasteiger partial charge in [-0.2, -0.15) is 0 Å². The molecule has 2 heterocycles. The van der Waals surface area contributed by atoms with Crippen molar-refractivity contribution < 1.29 is 9.53 Å². The number of carbonyl (C=O) groups excluding carboxylic acids is 1. The molecule has 5 heteroatoms. The van der Waals surface area contributed by atoms with E-state index in [-0.39, 0.29) is 5.91 Å². The molecule has 1 aromatic heterocycles. The lowest BCUT2D eigenvalue weighted by Gasteiger charge is -2.27. The number of benzene rings is 1. The number of nitrogens with one attached hydrogen (secondary N) is 1. The van der Waals surface area contributed by atoms with Crippen molar-refractivity contribution in [1.82, 2.24) is 9.88 Å². The van der Waals surface area contributed by atoms with Gasteiger partial charge in [-0.05, 0) is 24.1 Å². The quantitative estimate of drug-likeness (QED) is 0.920. The zero-order valence-corrected chi connectivity index (χ0v) is 13.1. The van der Waals surface area contributed by atoms with Gasteiger partial charge in [-0.15, -0.1) is 0 Å². The van der Waals surface area contributed by atoms with E-state index in [1.54, 1.807) is 12.3 Å². The van der Waals surface area contributed by atoms with Crippen LogP contribution in [0.2, 0.25) is 0 Å². The first-order valence-corrected chi connectivity index (χ1v) is 7.94. The Bertz CT molecular complexity index is 640. The molecule has 0 radical (unpaired) electrons. The van der Waals surface area contributed by atoms with Gasteiger partial charge < -0.3 is 15.0 Å². The molecule has 1 N–H and O–H groups in total. The monoisotopic (exact) mass is 311 g/mol. The summed E-state index contributed by atoms with van der Waals surface area (Å²) in [5.74, 6) is 0.670. The molecule has 1 aromatic carbocycles. The largest absolute Gasteiger partial charge is 0.378 e. The lowest BCUT2D eigenvalue weighted by atomic mass is 10.1. The van der Waals surface area contributed by atoms with E-state index in [2.05, 4.69) is 22.4 Å². The summed E-state index contributed by atoms with van der Waals surface area (Å²) >= 11 is 0. The summed E-state index contributed by atoms with van der Waals surface area (Å²) in [7, 11) is 0. The molecule has 1 aliphatic rings. The second kappa shape index (κ2) is 7.74. The smallest absolute Gasteiger partial charge is 0.257 e. The Balaban J connectivity index is 1.64. The number of ether oxygens (including phenoxy) is 1. The zero-order valence-electron chi connectivity index (χ0n) is 13.1. The second-order valence-corrected chi connectivity index (χ2v) is 5.47. The Morgan fingerprint density at radius 3 is 2.70 bits per heavy atom. The van der Waals surface area contributed by atoms with Crippen LogP contribution in [0.15, 0.2) is 48.7 Å². The van der Waals surface area contributed by atoms with E-state index in [9.17, 15) is 4.79 Å². The topological polar surface area (TPSA) is 54.5 Å².